The molecule has 0 fully saturated rings. The summed E-state index contributed by atoms with van der Waals surface area (Å²) in [5, 5.41) is 2.69. The standard InChI is InChI=1S/C33H33.C11H9.C5H5.CH2.Zr/c1-32(2,3)30-20-26-24(18-28(30)22-13-9-7-10-14-22)17-25-19-29(23-15-11-8-12-16-23)31(21-27(25)26)33(4,5)6;1-9-5-4-7-10-6-2-3-8-11(9)10;1-2-4-5-3-1;;/h7-21H,1-6H3;2-8H,1H2;1-3H,4H2;1H2;. The van der Waals surface area contributed by atoms with Gasteiger partial charge in [0.1, 0.15) is 0 Å². The molecule has 6 aromatic carbocycles. The van der Waals surface area contributed by atoms with Gasteiger partial charge >= 0.3 is 311 Å². The van der Waals surface area contributed by atoms with Gasteiger partial charge in [-0.2, -0.15) is 0 Å². The van der Waals surface area contributed by atoms with E-state index in [1.165, 1.54) is 72.0 Å². The van der Waals surface area contributed by atoms with E-state index in [0.717, 1.165) is 10.5 Å². The molecule has 0 heterocycles. The number of fused-ring (bicyclic) bond motifs is 4. The SMILES string of the molecule is [CH2]=[Zr]([CH2]c1cccc2ccccc12)([C]1=CC=CC1)[CH]1c2cc(-c3ccccc3)c(C(C)(C)C)cc2-c2cc(C(C)(C)C)c(-c3ccccc3)cc21. The summed E-state index contributed by atoms with van der Waals surface area (Å²) in [7, 11) is 0. The Labute approximate surface area is 309 Å². The van der Waals surface area contributed by atoms with E-state index in [1.54, 1.807) is 3.28 Å². The van der Waals surface area contributed by atoms with Crippen LogP contribution in [0.15, 0.2) is 149 Å². The molecule has 8 rings (SSSR count). The molecule has 1 unspecified atom stereocenters. The van der Waals surface area contributed by atoms with Gasteiger partial charge in [-0.3, -0.25) is 0 Å². The molecular formula is C50H49Zr. The number of hydrogen-bond acceptors (Lipinski definition) is 0. The third-order valence-electron chi connectivity index (χ3n) is 11.4. The van der Waals surface area contributed by atoms with Crippen molar-refractivity contribution in [3.8, 4) is 33.4 Å². The Morgan fingerprint density at radius 3 is 1.61 bits per heavy atom. The van der Waals surface area contributed by atoms with Crippen molar-refractivity contribution in [2.45, 2.75) is 66.5 Å². The molecule has 0 N–H and O–H groups in total. The molecule has 51 heavy (non-hydrogen) atoms. The summed E-state index contributed by atoms with van der Waals surface area (Å²) < 4.78 is 8.51. The molecular weight excluding hydrogens is 692 g/mol. The maximum atomic E-state index is 5.58. The molecule has 2 aliphatic carbocycles. The predicted molar refractivity (Wildman–Crippen MR) is 219 cm³/mol. The fourth-order valence-electron chi connectivity index (χ4n) is 8.90. The average Bonchev–Trinajstić information content (AvgIpc) is 3.78. The van der Waals surface area contributed by atoms with E-state index in [9.17, 15) is 0 Å². The van der Waals surface area contributed by atoms with Crippen molar-refractivity contribution < 1.29 is 19.8 Å². The van der Waals surface area contributed by atoms with E-state index >= 15 is 0 Å². The van der Waals surface area contributed by atoms with Crippen molar-refractivity contribution in [3.05, 3.63) is 177 Å². The topological polar surface area (TPSA) is 0 Å². The quantitative estimate of drug-likeness (QED) is 0.159. The number of benzene rings is 6. The van der Waals surface area contributed by atoms with Crippen LogP contribution in [-0.2, 0) is 34.7 Å². The van der Waals surface area contributed by atoms with E-state index in [4.69, 9.17) is 4.21 Å². The Hall–Kier alpha value is -4.19. The first-order valence-electron chi connectivity index (χ1n) is 18.6. The molecule has 0 aromatic heterocycles. The zero-order chi connectivity index (χ0) is 35.5. The fraction of sp³-hybridized carbons (Fsp3) is 0.220. The molecule has 0 spiro atoms. The normalized spacial score (nSPS) is 15.5. The second-order valence-electron chi connectivity index (χ2n) is 16.9. The van der Waals surface area contributed by atoms with Crippen molar-refractivity contribution in [3.63, 3.8) is 0 Å². The van der Waals surface area contributed by atoms with E-state index in [2.05, 4.69) is 187 Å². The van der Waals surface area contributed by atoms with Crippen LogP contribution >= 0.6 is 0 Å². The van der Waals surface area contributed by atoms with Crippen molar-refractivity contribution in [2.75, 3.05) is 0 Å². The van der Waals surface area contributed by atoms with E-state index in [1.807, 2.05) is 0 Å². The Morgan fingerprint density at radius 2 is 1.10 bits per heavy atom. The second kappa shape index (κ2) is 12.8. The van der Waals surface area contributed by atoms with Crippen LogP contribution in [0.1, 0.15) is 79.4 Å². The summed E-state index contributed by atoms with van der Waals surface area (Å²) >= 11 is -3.67. The molecule has 0 amide bonds. The number of hydrogen-bond donors (Lipinski definition) is 0. The van der Waals surface area contributed by atoms with Gasteiger partial charge in [0.25, 0.3) is 0 Å². The summed E-state index contributed by atoms with van der Waals surface area (Å²) in [5.41, 5.74) is 15.3. The van der Waals surface area contributed by atoms with Gasteiger partial charge in [0.2, 0.25) is 0 Å². The monoisotopic (exact) mass is 739 g/mol. The zero-order valence-electron chi connectivity index (χ0n) is 31.1. The van der Waals surface area contributed by atoms with E-state index < -0.39 is 19.8 Å². The van der Waals surface area contributed by atoms with Gasteiger partial charge in [0.15, 0.2) is 0 Å². The van der Waals surface area contributed by atoms with Gasteiger partial charge in [-0.25, -0.2) is 0 Å². The first kappa shape index (κ1) is 33.9. The van der Waals surface area contributed by atoms with Crippen LogP contribution in [-0.4, -0.2) is 4.21 Å². The Kier molecular flexibility index (Phi) is 8.51. The summed E-state index contributed by atoms with van der Waals surface area (Å²) in [4.78, 5) is 0. The average molecular weight is 741 g/mol. The maximum absolute atomic E-state index is 5.58. The Bertz CT molecular complexity index is 2280. The van der Waals surface area contributed by atoms with Crippen molar-refractivity contribution in [1.82, 2.24) is 0 Å². The van der Waals surface area contributed by atoms with Gasteiger partial charge in [-0.1, -0.05) is 0 Å². The molecule has 0 saturated heterocycles. The molecule has 1 atom stereocenters. The van der Waals surface area contributed by atoms with Crippen LogP contribution in [0.5, 0.6) is 0 Å². The van der Waals surface area contributed by atoms with Crippen LogP contribution in [0.2, 0.25) is 0 Å². The molecule has 2 aliphatic rings. The van der Waals surface area contributed by atoms with Crippen molar-refractivity contribution >= 4 is 15.0 Å². The third-order valence-corrected chi connectivity index (χ3v) is 22.2. The second-order valence-corrected chi connectivity index (χ2v) is 26.5. The number of rotatable bonds is 6. The van der Waals surface area contributed by atoms with Crippen molar-refractivity contribution in [2.24, 2.45) is 0 Å². The van der Waals surface area contributed by atoms with Gasteiger partial charge in [0, 0.05) is 0 Å². The van der Waals surface area contributed by atoms with Crippen LogP contribution in [0, 0.1) is 0 Å². The summed E-state index contributed by atoms with van der Waals surface area (Å²) in [6.07, 6.45) is 8.13. The van der Waals surface area contributed by atoms with Gasteiger partial charge < -0.3 is 0 Å². The summed E-state index contributed by atoms with van der Waals surface area (Å²) in [6.45, 7) is 14.2. The summed E-state index contributed by atoms with van der Waals surface area (Å²) in [5.74, 6) is 0. The minimum absolute atomic E-state index is 0.0268. The van der Waals surface area contributed by atoms with Gasteiger partial charge in [-0.15, -0.1) is 0 Å². The Balaban J connectivity index is 1.47. The predicted octanol–water partition coefficient (Wildman–Crippen LogP) is 13.5. The molecule has 0 aliphatic heterocycles. The number of allylic oxidation sites excluding steroid dienone is 4. The van der Waals surface area contributed by atoms with Crippen LogP contribution in [0.25, 0.3) is 44.2 Å². The molecule has 0 saturated carbocycles. The van der Waals surface area contributed by atoms with Gasteiger partial charge in [0.05, 0.1) is 0 Å². The molecule has 6 aromatic rings. The van der Waals surface area contributed by atoms with Crippen LogP contribution in [0.4, 0.5) is 0 Å². The fourth-order valence-corrected chi connectivity index (χ4v) is 19.7. The first-order chi connectivity index (χ1) is 24.4. The van der Waals surface area contributed by atoms with E-state index in [0.29, 0.717) is 0 Å². The minimum atomic E-state index is -3.67. The van der Waals surface area contributed by atoms with Crippen LogP contribution in [0.3, 0.4) is 0 Å². The van der Waals surface area contributed by atoms with Crippen molar-refractivity contribution in [1.29, 1.82) is 0 Å². The van der Waals surface area contributed by atoms with Gasteiger partial charge in [-0.05, 0) is 0 Å². The third kappa shape index (κ3) is 6.03. The Morgan fingerprint density at radius 1 is 0.588 bits per heavy atom. The molecule has 0 bridgehead atoms. The van der Waals surface area contributed by atoms with E-state index in [-0.39, 0.29) is 14.5 Å². The molecule has 0 radical (unpaired) electrons. The zero-order valence-corrected chi connectivity index (χ0v) is 33.5. The molecule has 0 nitrogen and oxygen atoms in total. The molecule has 1 heteroatoms. The summed E-state index contributed by atoms with van der Waals surface area (Å²) in [6, 6.07) is 48.4. The first-order valence-corrected chi connectivity index (χ1v) is 24.7. The molecule has 253 valence electrons. The van der Waals surface area contributed by atoms with Crippen LogP contribution < -0.4 is 0 Å².